The zero-order chi connectivity index (χ0) is 16.4. The number of benzene rings is 2. The van der Waals surface area contributed by atoms with Crippen LogP contribution in [0.4, 0.5) is 0 Å². The molecule has 0 fully saturated rings. The number of hydrogen-bond donors (Lipinski definition) is 0. The molecule has 0 aliphatic heterocycles. The van der Waals surface area contributed by atoms with Crippen LogP contribution in [0.25, 0.3) is 22.4 Å². The second kappa shape index (κ2) is 6.73. The van der Waals surface area contributed by atoms with Gasteiger partial charge in [0.05, 0.1) is 11.0 Å². The van der Waals surface area contributed by atoms with E-state index in [2.05, 4.69) is 54.8 Å². The van der Waals surface area contributed by atoms with Crippen LogP contribution in [0, 0.1) is 6.92 Å². The van der Waals surface area contributed by atoms with E-state index in [4.69, 9.17) is 16.6 Å². The molecule has 1 aromatic heterocycles. The van der Waals surface area contributed by atoms with Crippen molar-refractivity contribution in [1.29, 1.82) is 0 Å². The minimum Gasteiger partial charge on any atom is -0.324 e. The van der Waals surface area contributed by atoms with Crippen molar-refractivity contribution in [3.8, 4) is 11.4 Å². The van der Waals surface area contributed by atoms with Crippen LogP contribution < -0.4 is 0 Å². The molecule has 0 saturated carbocycles. The largest absolute Gasteiger partial charge is 0.324 e. The summed E-state index contributed by atoms with van der Waals surface area (Å²) in [7, 11) is 4.20. The average Bonchev–Trinajstić information content (AvgIpc) is 2.86. The van der Waals surface area contributed by atoms with Crippen LogP contribution in [-0.2, 0) is 6.54 Å². The van der Waals surface area contributed by atoms with E-state index >= 15 is 0 Å². The van der Waals surface area contributed by atoms with E-state index in [9.17, 15) is 0 Å². The third-order valence-electron chi connectivity index (χ3n) is 4.01. The van der Waals surface area contributed by atoms with Crippen LogP contribution in [0.1, 0.15) is 12.0 Å². The van der Waals surface area contributed by atoms with Gasteiger partial charge in [-0.2, -0.15) is 0 Å². The van der Waals surface area contributed by atoms with Gasteiger partial charge in [0.2, 0.25) is 0 Å². The molecular formula is C19H22ClN3. The molecule has 0 amide bonds. The van der Waals surface area contributed by atoms with Crippen LogP contribution in [0.2, 0.25) is 5.02 Å². The third kappa shape index (κ3) is 3.57. The van der Waals surface area contributed by atoms with E-state index < -0.39 is 0 Å². The van der Waals surface area contributed by atoms with Gasteiger partial charge in [0, 0.05) is 17.1 Å². The minimum absolute atomic E-state index is 0.752. The molecule has 1 heterocycles. The summed E-state index contributed by atoms with van der Waals surface area (Å²) in [6.07, 6.45) is 1.07. The van der Waals surface area contributed by atoms with E-state index in [0.29, 0.717) is 0 Å². The van der Waals surface area contributed by atoms with E-state index in [0.717, 1.165) is 47.0 Å². The molecule has 0 spiro atoms. The Morgan fingerprint density at radius 3 is 2.52 bits per heavy atom. The summed E-state index contributed by atoms with van der Waals surface area (Å²) < 4.78 is 2.29. The van der Waals surface area contributed by atoms with Crippen LogP contribution in [0.15, 0.2) is 42.5 Å². The van der Waals surface area contributed by atoms with Gasteiger partial charge in [-0.1, -0.05) is 41.4 Å². The highest BCUT2D eigenvalue weighted by Gasteiger charge is 2.13. The van der Waals surface area contributed by atoms with Gasteiger partial charge in [0.1, 0.15) is 5.82 Å². The van der Waals surface area contributed by atoms with Crippen molar-refractivity contribution in [2.75, 3.05) is 20.6 Å². The molecule has 0 N–H and O–H groups in total. The molecule has 0 saturated heterocycles. The Labute approximate surface area is 142 Å². The Hall–Kier alpha value is -1.84. The molecule has 0 bridgehead atoms. The Morgan fingerprint density at radius 2 is 1.83 bits per heavy atom. The van der Waals surface area contributed by atoms with Gasteiger partial charge in [0.25, 0.3) is 0 Å². The molecular weight excluding hydrogens is 306 g/mol. The topological polar surface area (TPSA) is 21.1 Å². The lowest BCUT2D eigenvalue weighted by Crippen LogP contribution is -2.15. The maximum atomic E-state index is 6.20. The van der Waals surface area contributed by atoms with E-state index in [1.165, 1.54) is 5.56 Å². The first-order valence-electron chi connectivity index (χ1n) is 7.92. The van der Waals surface area contributed by atoms with Gasteiger partial charge in [0.15, 0.2) is 0 Å². The average molecular weight is 328 g/mol. The van der Waals surface area contributed by atoms with Crippen molar-refractivity contribution >= 4 is 22.6 Å². The number of halogens is 1. The fourth-order valence-corrected chi connectivity index (χ4v) is 2.96. The van der Waals surface area contributed by atoms with E-state index in [1.54, 1.807) is 0 Å². The molecule has 3 rings (SSSR count). The second-order valence-electron chi connectivity index (χ2n) is 6.24. The number of fused-ring (bicyclic) bond motifs is 1. The molecule has 0 aliphatic carbocycles. The minimum atomic E-state index is 0.752. The number of hydrogen-bond acceptors (Lipinski definition) is 2. The molecule has 0 radical (unpaired) electrons. The summed E-state index contributed by atoms with van der Waals surface area (Å²) >= 11 is 6.20. The van der Waals surface area contributed by atoms with Crippen molar-refractivity contribution in [2.24, 2.45) is 0 Å². The smallest absolute Gasteiger partial charge is 0.141 e. The molecule has 23 heavy (non-hydrogen) atoms. The highest BCUT2D eigenvalue weighted by Crippen LogP contribution is 2.27. The van der Waals surface area contributed by atoms with Crippen LogP contribution >= 0.6 is 11.6 Å². The van der Waals surface area contributed by atoms with Gasteiger partial charge in [-0.05, 0) is 52.2 Å². The zero-order valence-corrected chi connectivity index (χ0v) is 14.6. The number of rotatable bonds is 5. The Bertz CT molecular complexity index is 803. The molecule has 3 nitrogen and oxygen atoms in total. The van der Waals surface area contributed by atoms with Gasteiger partial charge in [-0.3, -0.25) is 0 Å². The molecule has 120 valence electrons. The SMILES string of the molecule is Cc1ccc(-c2nc3ccc(Cl)cc3n2CCCN(C)C)cc1. The predicted molar refractivity (Wildman–Crippen MR) is 98.1 cm³/mol. The van der Waals surface area contributed by atoms with E-state index in [1.807, 2.05) is 18.2 Å². The standard InChI is InChI=1S/C19H22ClN3/c1-14-5-7-15(8-6-14)19-21-17-10-9-16(20)13-18(17)23(19)12-4-11-22(2)3/h5-10,13H,4,11-12H2,1-3H3. The first-order valence-corrected chi connectivity index (χ1v) is 8.30. The molecule has 0 unspecified atom stereocenters. The molecule has 2 aromatic carbocycles. The molecule has 0 atom stereocenters. The fourth-order valence-electron chi connectivity index (χ4n) is 2.79. The first kappa shape index (κ1) is 16.0. The quantitative estimate of drug-likeness (QED) is 0.682. The van der Waals surface area contributed by atoms with Gasteiger partial charge in [-0.25, -0.2) is 4.98 Å². The van der Waals surface area contributed by atoms with Crippen molar-refractivity contribution in [3.05, 3.63) is 53.1 Å². The number of aryl methyl sites for hydroxylation is 2. The number of nitrogens with zero attached hydrogens (tertiary/aromatic N) is 3. The van der Waals surface area contributed by atoms with E-state index in [-0.39, 0.29) is 0 Å². The Kier molecular flexibility index (Phi) is 4.69. The molecule has 3 aromatic rings. The lowest BCUT2D eigenvalue weighted by molar-refractivity contribution is 0.388. The summed E-state index contributed by atoms with van der Waals surface area (Å²) in [6.45, 7) is 4.08. The van der Waals surface area contributed by atoms with Gasteiger partial charge < -0.3 is 9.47 Å². The Morgan fingerprint density at radius 1 is 1.09 bits per heavy atom. The summed E-state index contributed by atoms with van der Waals surface area (Å²) in [5.41, 5.74) is 4.50. The highest BCUT2D eigenvalue weighted by atomic mass is 35.5. The summed E-state index contributed by atoms with van der Waals surface area (Å²) in [5, 5.41) is 0.752. The van der Waals surface area contributed by atoms with Gasteiger partial charge >= 0.3 is 0 Å². The van der Waals surface area contributed by atoms with Crippen LogP contribution in [0.3, 0.4) is 0 Å². The lowest BCUT2D eigenvalue weighted by Gasteiger charge is -2.12. The van der Waals surface area contributed by atoms with Crippen molar-refractivity contribution in [3.63, 3.8) is 0 Å². The number of imidazole rings is 1. The van der Waals surface area contributed by atoms with Crippen molar-refractivity contribution in [1.82, 2.24) is 14.5 Å². The maximum absolute atomic E-state index is 6.20. The highest BCUT2D eigenvalue weighted by molar-refractivity contribution is 6.31. The lowest BCUT2D eigenvalue weighted by atomic mass is 10.1. The number of aromatic nitrogens is 2. The van der Waals surface area contributed by atoms with Crippen molar-refractivity contribution < 1.29 is 0 Å². The second-order valence-corrected chi connectivity index (χ2v) is 6.68. The summed E-state index contributed by atoms with van der Waals surface area (Å²) in [6, 6.07) is 14.5. The summed E-state index contributed by atoms with van der Waals surface area (Å²) in [5.74, 6) is 1.01. The molecule has 4 heteroatoms. The van der Waals surface area contributed by atoms with Gasteiger partial charge in [-0.15, -0.1) is 0 Å². The zero-order valence-electron chi connectivity index (χ0n) is 13.9. The fraction of sp³-hybridized carbons (Fsp3) is 0.316. The van der Waals surface area contributed by atoms with Crippen molar-refractivity contribution in [2.45, 2.75) is 19.9 Å². The molecule has 0 aliphatic rings. The normalized spacial score (nSPS) is 11.5. The monoisotopic (exact) mass is 327 g/mol. The Balaban J connectivity index is 2.06. The van der Waals surface area contributed by atoms with Crippen LogP contribution in [-0.4, -0.2) is 35.1 Å². The first-order chi connectivity index (χ1) is 11.0. The third-order valence-corrected chi connectivity index (χ3v) is 4.24. The predicted octanol–water partition coefficient (Wildman–Crippen LogP) is 4.62. The maximum Gasteiger partial charge on any atom is 0.141 e. The summed E-state index contributed by atoms with van der Waals surface area (Å²) in [4.78, 5) is 7.05. The van der Waals surface area contributed by atoms with Crippen LogP contribution in [0.5, 0.6) is 0 Å².